The first-order valence-corrected chi connectivity index (χ1v) is 7.85. The minimum absolute atomic E-state index is 0.157. The van der Waals surface area contributed by atoms with E-state index >= 15 is 0 Å². The number of nitrogens with zero attached hydrogens (tertiary/aromatic N) is 5. The molecule has 1 aliphatic rings. The second-order valence-electron chi connectivity index (χ2n) is 6.14. The van der Waals surface area contributed by atoms with E-state index in [1.165, 1.54) is 5.69 Å². The zero-order valence-corrected chi connectivity index (χ0v) is 13.4. The number of hydrogen-bond donors (Lipinski definition) is 0. The highest BCUT2D eigenvalue weighted by atomic mass is 16.2. The van der Waals surface area contributed by atoms with E-state index in [1.807, 2.05) is 29.5 Å². The van der Waals surface area contributed by atoms with E-state index in [4.69, 9.17) is 0 Å². The number of hydrogen-bond acceptors (Lipinski definition) is 3. The number of aryl methyl sites for hydroxylation is 2. The largest absolute Gasteiger partial charge is 0.339 e. The van der Waals surface area contributed by atoms with Crippen LogP contribution in [-0.4, -0.2) is 43.2 Å². The summed E-state index contributed by atoms with van der Waals surface area (Å²) in [5, 5.41) is 4.59. The van der Waals surface area contributed by atoms with E-state index in [0.717, 1.165) is 31.6 Å². The third-order valence-corrected chi connectivity index (χ3v) is 4.43. The highest BCUT2D eigenvalue weighted by molar-refractivity contribution is 5.80. The van der Waals surface area contributed by atoms with Crippen molar-refractivity contribution >= 4 is 5.91 Å². The molecule has 2 unspecified atom stereocenters. The first-order valence-electron chi connectivity index (χ1n) is 7.85. The number of rotatable bonds is 3. The summed E-state index contributed by atoms with van der Waals surface area (Å²) in [6.45, 7) is 7.58. The summed E-state index contributed by atoms with van der Waals surface area (Å²) < 4.78 is 3.94. The number of likely N-dealkylation sites (tertiary alicyclic amines) is 1. The summed E-state index contributed by atoms with van der Waals surface area (Å²) in [5.74, 6) is 0.157. The Morgan fingerprint density at radius 2 is 2.23 bits per heavy atom. The molecule has 0 N–H and O–H groups in total. The molecule has 3 rings (SSSR count). The summed E-state index contributed by atoms with van der Waals surface area (Å²) in [5.41, 5.74) is 2.20. The second-order valence-corrected chi connectivity index (χ2v) is 6.14. The van der Waals surface area contributed by atoms with E-state index in [2.05, 4.69) is 27.8 Å². The van der Waals surface area contributed by atoms with E-state index in [1.54, 1.807) is 12.5 Å². The fourth-order valence-corrected chi connectivity index (χ4v) is 3.26. The van der Waals surface area contributed by atoms with Crippen molar-refractivity contribution in [3.63, 3.8) is 0 Å². The number of imidazole rings is 1. The second kappa shape index (κ2) is 5.94. The molecule has 1 saturated heterocycles. The van der Waals surface area contributed by atoms with E-state index < -0.39 is 0 Å². The zero-order valence-electron chi connectivity index (χ0n) is 13.4. The van der Waals surface area contributed by atoms with Gasteiger partial charge in [-0.2, -0.15) is 5.10 Å². The van der Waals surface area contributed by atoms with Crippen molar-refractivity contribution in [2.45, 2.75) is 45.7 Å². The van der Waals surface area contributed by atoms with Crippen LogP contribution in [0.25, 0.3) is 0 Å². The smallest absolute Gasteiger partial charge is 0.245 e. The molecule has 1 aliphatic heterocycles. The summed E-state index contributed by atoms with van der Waals surface area (Å²) in [4.78, 5) is 18.7. The van der Waals surface area contributed by atoms with Crippen LogP contribution < -0.4 is 0 Å². The van der Waals surface area contributed by atoms with Crippen molar-refractivity contribution in [3.8, 4) is 0 Å². The van der Waals surface area contributed by atoms with Gasteiger partial charge in [-0.1, -0.05) is 0 Å². The van der Waals surface area contributed by atoms with Crippen LogP contribution in [0.2, 0.25) is 0 Å². The predicted octanol–water partition coefficient (Wildman–Crippen LogP) is 2.12. The van der Waals surface area contributed by atoms with Gasteiger partial charge in [-0.15, -0.1) is 0 Å². The van der Waals surface area contributed by atoms with Gasteiger partial charge in [-0.25, -0.2) is 4.98 Å². The fraction of sp³-hybridized carbons (Fsp3) is 0.562. The number of carbonyl (C=O) groups excluding carboxylic acids is 1. The van der Waals surface area contributed by atoms with E-state index in [0.29, 0.717) is 0 Å². The lowest BCUT2D eigenvalue weighted by Crippen LogP contribution is -2.43. The Kier molecular flexibility index (Phi) is 4.00. The molecule has 2 aromatic rings. The van der Waals surface area contributed by atoms with Gasteiger partial charge in [0.2, 0.25) is 5.91 Å². The van der Waals surface area contributed by atoms with Crippen LogP contribution in [0.3, 0.4) is 0 Å². The first-order chi connectivity index (χ1) is 10.6. The molecule has 2 aromatic heterocycles. The van der Waals surface area contributed by atoms with Crippen molar-refractivity contribution in [1.82, 2.24) is 24.2 Å². The quantitative estimate of drug-likeness (QED) is 0.872. The average molecular weight is 301 g/mol. The molecule has 0 bridgehead atoms. The molecule has 1 amide bonds. The summed E-state index contributed by atoms with van der Waals surface area (Å²) in [6.07, 6.45) is 7.34. The SMILES string of the molecule is Cc1cc(C)n(C2CCCN(C(=O)C(C)n3ccnc3)C2)n1. The highest BCUT2D eigenvalue weighted by Crippen LogP contribution is 2.24. The Hall–Kier alpha value is -2.11. The maximum Gasteiger partial charge on any atom is 0.245 e. The standard InChI is InChI=1S/C16H23N5O/c1-12-9-13(2)21(18-12)15-5-4-7-19(10-15)16(22)14(3)20-8-6-17-11-20/h6,8-9,11,14-15H,4-5,7,10H2,1-3H3. The van der Waals surface area contributed by atoms with Crippen LogP contribution in [0.15, 0.2) is 24.8 Å². The number of piperidine rings is 1. The lowest BCUT2D eigenvalue weighted by molar-refractivity contribution is -0.136. The van der Waals surface area contributed by atoms with Crippen molar-refractivity contribution in [3.05, 3.63) is 36.2 Å². The molecule has 0 aromatic carbocycles. The van der Waals surface area contributed by atoms with Gasteiger partial charge in [0.05, 0.1) is 18.1 Å². The molecule has 6 nitrogen and oxygen atoms in total. The van der Waals surface area contributed by atoms with Gasteiger partial charge in [-0.05, 0) is 39.7 Å². The molecule has 0 spiro atoms. The highest BCUT2D eigenvalue weighted by Gasteiger charge is 2.29. The Balaban J connectivity index is 1.73. The number of amides is 1. The maximum atomic E-state index is 12.7. The van der Waals surface area contributed by atoms with Gasteiger partial charge < -0.3 is 9.47 Å². The normalized spacial score (nSPS) is 20.1. The van der Waals surface area contributed by atoms with E-state index in [-0.39, 0.29) is 18.0 Å². The van der Waals surface area contributed by atoms with Gasteiger partial charge in [0.1, 0.15) is 6.04 Å². The van der Waals surface area contributed by atoms with Crippen molar-refractivity contribution in [2.75, 3.05) is 13.1 Å². The Morgan fingerprint density at radius 3 is 2.86 bits per heavy atom. The molecule has 1 fully saturated rings. The Labute approximate surface area is 130 Å². The molecular weight excluding hydrogens is 278 g/mol. The van der Waals surface area contributed by atoms with Gasteiger partial charge in [0.25, 0.3) is 0 Å². The van der Waals surface area contributed by atoms with Crippen molar-refractivity contribution in [2.24, 2.45) is 0 Å². The van der Waals surface area contributed by atoms with Gasteiger partial charge in [0.15, 0.2) is 0 Å². The molecule has 3 heterocycles. The molecule has 0 saturated carbocycles. The summed E-state index contributed by atoms with van der Waals surface area (Å²) in [7, 11) is 0. The van der Waals surface area contributed by atoms with Crippen LogP contribution in [-0.2, 0) is 4.79 Å². The van der Waals surface area contributed by atoms with Crippen molar-refractivity contribution < 1.29 is 4.79 Å². The molecule has 0 radical (unpaired) electrons. The number of carbonyl (C=O) groups is 1. The minimum atomic E-state index is -0.207. The third kappa shape index (κ3) is 2.77. The van der Waals surface area contributed by atoms with E-state index in [9.17, 15) is 4.79 Å². The van der Waals surface area contributed by atoms with Crippen LogP contribution in [0.4, 0.5) is 0 Å². The minimum Gasteiger partial charge on any atom is -0.339 e. The Bertz CT molecular complexity index is 646. The monoisotopic (exact) mass is 301 g/mol. The lowest BCUT2D eigenvalue weighted by atomic mass is 10.0. The molecule has 2 atom stereocenters. The fourth-order valence-electron chi connectivity index (χ4n) is 3.26. The maximum absolute atomic E-state index is 12.7. The van der Waals surface area contributed by atoms with Gasteiger partial charge >= 0.3 is 0 Å². The number of aromatic nitrogens is 4. The molecule has 118 valence electrons. The van der Waals surface area contributed by atoms with Gasteiger partial charge in [0, 0.05) is 31.2 Å². The Morgan fingerprint density at radius 1 is 1.41 bits per heavy atom. The lowest BCUT2D eigenvalue weighted by Gasteiger charge is -2.35. The average Bonchev–Trinajstić information content (AvgIpc) is 3.15. The zero-order chi connectivity index (χ0) is 15.7. The van der Waals surface area contributed by atoms with Gasteiger partial charge in [-0.3, -0.25) is 9.48 Å². The topological polar surface area (TPSA) is 56.0 Å². The third-order valence-electron chi connectivity index (χ3n) is 4.43. The van der Waals surface area contributed by atoms with Crippen LogP contribution in [0.1, 0.15) is 43.2 Å². The van der Waals surface area contributed by atoms with Crippen LogP contribution in [0, 0.1) is 13.8 Å². The predicted molar refractivity (Wildman–Crippen MR) is 83.5 cm³/mol. The molecular formula is C16H23N5O. The van der Waals surface area contributed by atoms with Crippen LogP contribution >= 0.6 is 0 Å². The summed E-state index contributed by atoms with van der Waals surface area (Å²) in [6, 6.07) is 2.16. The van der Waals surface area contributed by atoms with Crippen LogP contribution in [0.5, 0.6) is 0 Å². The molecule has 6 heteroatoms. The molecule has 22 heavy (non-hydrogen) atoms. The summed E-state index contributed by atoms with van der Waals surface area (Å²) >= 11 is 0. The molecule has 0 aliphatic carbocycles. The first kappa shape index (κ1) is 14.8. The van der Waals surface area contributed by atoms with Crippen molar-refractivity contribution in [1.29, 1.82) is 0 Å².